The lowest BCUT2D eigenvalue weighted by atomic mass is 10.1. The zero-order valence-corrected chi connectivity index (χ0v) is 16.7. The topological polar surface area (TPSA) is 101 Å². The van der Waals surface area contributed by atoms with Crippen LogP contribution in [0.3, 0.4) is 0 Å². The maximum absolute atomic E-state index is 5.96. The molecule has 0 fully saturated rings. The second-order valence-electron chi connectivity index (χ2n) is 6.85. The first-order valence-corrected chi connectivity index (χ1v) is 9.88. The maximum Gasteiger partial charge on any atom is 0.191 e. The summed E-state index contributed by atoms with van der Waals surface area (Å²) in [6, 6.07) is 8.17. The van der Waals surface area contributed by atoms with Gasteiger partial charge in [0.25, 0.3) is 0 Å². The molecule has 9 heteroatoms. The van der Waals surface area contributed by atoms with Crippen molar-refractivity contribution in [2.75, 3.05) is 31.5 Å². The Morgan fingerprint density at radius 1 is 1.24 bits per heavy atom. The number of rotatable bonds is 7. The highest BCUT2D eigenvalue weighted by molar-refractivity contribution is 5.86. The molecular formula is C20H26N8O. The molecule has 3 heterocycles. The van der Waals surface area contributed by atoms with Crippen LogP contribution in [-0.2, 0) is 13.5 Å². The zero-order chi connectivity index (χ0) is 20.1. The molecule has 3 N–H and O–H groups in total. The summed E-state index contributed by atoms with van der Waals surface area (Å²) in [5.41, 5.74) is 2.06. The van der Waals surface area contributed by atoms with Gasteiger partial charge in [0.05, 0.1) is 18.1 Å². The van der Waals surface area contributed by atoms with Crippen molar-refractivity contribution in [1.82, 2.24) is 30.4 Å². The van der Waals surface area contributed by atoms with E-state index < -0.39 is 0 Å². The second-order valence-corrected chi connectivity index (χ2v) is 6.85. The number of hydrogen-bond acceptors (Lipinski definition) is 6. The van der Waals surface area contributed by atoms with Crippen LogP contribution in [0.15, 0.2) is 41.8 Å². The van der Waals surface area contributed by atoms with Gasteiger partial charge in [-0.1, -0.05) is 18.2 Å². The summed E-state index contributed by atoms with van der Waals surface area (Å²) in [6.07, 6.45) is 4.30. The van der Waals surface area contributed by atoms with E-state index in [0.29, 0.717) is 19.6 Å². The average Bonchev–Trinajstić information content (AvgIpc) is 3.33. The highest BCUT2D eigenvalue weighted by atomic mass is 16.5. The van der Waals surface area contributed by atoms with Gasteiger partial charge in [0, 0.05) is 33.1 Å². The maximum atomic E-state index is 5.96. The Balaban J connectivity index is 1.28. The molecule has 2 aromatic heterocycles. The number of aryl methyl sites for hydroxylation is 1. The van der Waals surface area contributed by atoms with E-state index in [-0.39, 0.29) is 6.10 Å². The van der Waals surface area contributed by atoms with Crippen molar-refractivity contribution in [3.8, 4) is 5.75 Å². The predicted octanol–water partition coefficient (Wildman–Crippen LogP) is 1.33. The normalized spacial score (nSPS) is 15.8. The van der Waals surface area contributed by atoms with Gasteiger partial charge >= 0.3 is 0 Å². The molecule has 4 rings (SSSR count). The molecule has 0 aliphatic carbocycles. The minimum absolute atomic E-state index is 0.0841. The average molecular weight is 394 g/mol. The summed E-state index contributed by atoms with van der Waals surface area (Å²) < 4.78 is 7.70. The highest BCUT2D eigenvalue weighted by Crippen LogP contribution is 2.28. The number of para-hydroxylation sites is 1. The van der Waals surface area contributed by atoms with Crippen LogP contribution in [0, 0.1) is 0 Å². The van der Waals surface area contributed by atoms with Gasteiger partial charge < -0.3 is 20.7 Å². The number of nitrogens with zero attached hydrogens (tertiary/aromatic N) is 5. The molecule has 0 amide bonds. The van der Waals surface area contributed by atoms with Crippen molar-refractivity contribution in [2.24, 2.45) is 12.0 Å². The number of anilines is 1. The molecule has 1 unspecified atom stereocenters. The number of ether oxygens (including phenoxy) is 1. The van der Waals surface area contributed by atoms with E-state index in [1.54, 1.807) is 17.2 Å². The zero-order valence-electron chi connectivity index (χ0n) is 16.7. The van der Waals surface area contributed by atoms with Gasteiger partial charge in [-0.15, -0.1) is 0 Å². The standard InChI is InChI=1S/C20H26N8O/c1-3-21-20(24-11-15-10-14-6-4-5-7-17(14)29-15)23-9-8-22-18-16-12-27-28(2)19(16)26-13-25-18/h4-7,12-13,15H,3,8-11H2,1-2H3,(H2,21,23,24)(H,22,25,26). The Kier molecular flexibility index (Phi) is 5.73. The van der Waals surface area contributed by atoms with Crippen molar-refractivity contribution in [3.05, 3.63) is 42.4 Å². The molecular weight excluding hydrogens is 368 g/mol. The van der Waals surface area contributed by atoms with Crippen LogP contribution in [0.5, 0.6) is 5.75 Å². The second kappa shape index (κ2) is 8.76. The lowest BCUT2D eigenvalue weighted by molar-refractivity contribution is 0.241. The van der Waals surface area contributed by atoms with E-state index in [1.807, 2.05) is 25.2 Å². The lowest BCUT2D eigenvalue weighted by Gasteiger charge is -2.14. The van der Waals surface area contributed by atoms with Gasteiger partial charge in [-0.3, -0.25) is 4.68 Å². The Morgan fingerprint density at radius 2 is 2.14 bits per heavy atom. The minimum atomic E-state index is 0.0841. The van der Waals surface area contributed by atoms with Gasteiger partial charge in [0.2, 0.25) is 0 Å². The first-order valence-electron chi connectivity index (χ1n) is 9.88. The third kappa shape index (κ3) is 4.39. The lowest BCUT2D eigenvalue weighted by Crippen LogP contribution is -2.40. The van der Waals surface area contributed by atoms with Gasteiger partial charge in [0.1, 0.15) is 24.0 Å². The van der Waals surface area contributed by atoms with Crippen molar-refractivity contribution < 1.29 is 4.74 Å². The molecule has 0 spiro atoms. The molecule has 1 aromatic carbocycles. The third-order valence-electron chi connectivity index (χ3n) is 4.75. The monoisotopic (exact) mass is 394 g/mol. The number of hydrogen-bond donors (Lipinski definition) is 3. The summed E-state index contributed by atoms with van der Waals surface area (Å²) in [5.74, 6) is 2.54. The molecule has 1 aliphatic heterocycles. The molecule has 3 aromatic rings. The Labute approximate surface area is 169 Å². The van der Waals surface area contributed by atoms with Crippen molar-refractivity contribution in [1.29, 1.82) is 0 Å². The first kappa shape index (κ1) is 19.0. The number of aliphatic imine (C=N–C) groups is 1. The highest BCUT2D eigenvalue weighted by Gasteiger charge is 2.21. The molecule has 0 saturated heterocycles. The fourth-order valence-electron chi connectivity index (χ4n) is 3.36. The van der Waals surface area contributed by atoms with E-state index in [4.69, 9.17) is 4.74 Å². The van der Waals surface area contributed by atoms with E-state index in [0.717, 1.165) is 41.5 Å². The summed E-state index contributed by atoms with van der Waals surface area (Å²) in [5, 5.41) is 15.1. The van der Waals surface area contributed by atoms with E-state index >= 15 is 0 Å². The molecule has 1 aliphatic rings. The van der Waals surface area contributed by atoms with Gasteiger partial charge in [0.15, 0.2) is 11.6 Å². The first-order chi connectivity index (χ1) is 14.2. The Morgan fingerprint density at radius 3 is 3.00 bits per heavy atom. The van der Waals surface area contributed by atoms with Crippen LogP contribution < -0.4 is 20.7 Å². The minimum Gasteiger partial charge on any atom is -0.488 e. The largest absolute Gasteiger partial charge is 0.488 e. The summed E-state index contributed by atoms with van der Waals surface area (Å²) in [4.78, 5) is 13.2. The molecule has 1 atom stereocenters. The van der Waals surface area contributed by atoms with Crippen LogP contribution in [0.4, 0.5) is 5.82 Å². The SMILES string of the molecule is CCNC(=NCC1Cc2ccccc2O1)NCCNc1ncnc2c1cnn2C. The molecule has 29 heavy (non-hydrogen) atoms. The summed E-state index contributed by atoms with van der Waals surface area (Å²) >= 11 is 0. The quantitative estimate of drug-likeness (QED) is 0.316. The smallest absolute Gasteiger partial charge is 0.191 e. The number of benzene rings is 1. The fourth-order valence-corrected chi connectivity index (χ4v) is 3.36. The van der Waals surface area contributed by atoms with Crippen LogP contribution in [0.1, 0.15) is 12.5 Å². The third-order valence-corrected chi connectivity index (χ3v) is 4.75. The molecule has 152 valence electrons. The van der Waals surface area contributed by atoms with E-state index in [1.165, 1.54) is 5.56 Å². The van der Waals surface area contributed by atoms with Crippen molar-refractivity contribution in [3.63, 3.8) is 0 Å². The molecule has 9 nitrogen and oxygen atoms in total. The van der Waals surface area contributed by atoms with Crippen LogP contribution in [0.2, 0.25) is 0 Å². The van der Waals surface area contributed by atoms with Crippen LogP contribution >= 0.6 is 0 Å². The number of guanidine groups is 1. The van der Waals surface area contributed by atoms with Gasteiger partial charge in [-0.2, -0.15) is 5.10 Å². The van der Waals surface area contributed by atoms with E-state index in [2.05, 4.69) is 49.0 Å². The van der Waals surface area contributed by atoms with Crippen LogP contribution in [-0.4, -0.2) is 58.0 Å². The Bertz CT molecular complexity index is 974. The van der Waals surface area contributed by atoms with Gasteiger partial charge in [-0.25, -0.2) is 15.0 Å². The summed E-state index contributed by atoms with van der Waals surface area (Å²) in [6.45, 7) is 4.85. The number of fused-ring (bicyclic) bond motifs is 2. The number of nitrogens with one attached hydrogen (secondary N) is 3. The predicted molar refractivity (Wildman–Crippen MR) is 113 cm³/mol. The molecule has 0 bridgehead atoms. The molecule has 0 radical (unpaired) electrons. The number of aromatic nitrogens is 4. The molecule has 0 saturated carbocycles. The van der Waals surface area contributed by atoms with Crippen molar-refractivity contribution in [2.45, 2.75) is 19.4 Å². The fraction of sp³-hybridized carbons (Fsp3) is 0.400. The Hall–Kier alpha value is -3.36. The summed E-state index contributed by atoms with van der Waals surface area (Å²) in [7, 11) is 1.87. The van der Waals surface area contributed by atoms with E-state index in [9.17, 15) is 0 Å². The van der Waals surface area contributed by atoms with Crippen molar-refractivity contribution >= 4 is 22.8 Å². The van der Waals surface area contributed by atoms with Crippen LogP contribution in [0.25, 0.3) is 11.0 Å². The van der Waals surface area contributed by atoms with Gasteiger partial charge in [-0.05, 0) is 18.6 Å².